The minimum absolute atomic E-state index is 0.0404. The van der Waals surface area contributed by atoms with Crippen molar-refractivity contribution < 1.29 is 14.7 Å². The summed E-state index contributed by atoms with van der Waals surface area (Å²) in [6, 6.07) is 0.00124. The summed E-state index contributed by atoms with van der Waals surface area (Å²) >= 11 is 0. The predicted octanol–water partition coefficient (Wildman–Crippen LogP) is 1.43. The second-order valence-electron chi connectivity index (χ2n) is 5.72. The number of aliphatic carboxylic acids is 1. The Morgan fingerprint density at radius 1 is 1.35 bits per heavy atom. The van der Waals surface area contributed by atoms with Crippen molar-refractivity contribution in [1.82, 2.24) is 10.2 Å². The summed E-state index contributed by atoms with van der Waals surface area (Å²) in [6.07, 6.45) is 3.20. The fourth-order valence-electron chi connectivity index (χ4n) is 2.67. The van der Waals surface area contributed by atoms with Crippen molar-refractivity contribution in [2.75, 3.05) is 6.54 Å². The molecule has 2 rings (SSSR count). The Labute approximate surface area is 101 Å². The third-order valence-electron chi connectivity index (χ3n) is 3.96. The molecule has 1 aliphatic carbocycles. The Morgan fingerprint density at radius 2 is 2.00 bits per heavy atom. The quantitative estimate of drug-likeness (QED) is 0.767. The first-order valence-electron chi connectivity index (χ1n) is 6.21. The number of amides is 2. The Morgan fingerprint density at radius 3 is 2.47 bits per heavy atom. The van der Waals surface area contributed by atoms with Gasteiger partial charge in [-0.05, 0) is 39.5 Å². The van der Waals surface area contributed by atoms with Crippen LogP contribution in [0.1, 0.15) is 39.5 Å². The predicted molar refractivity (Wildman–Crippen MR) is 62.7 cm³/mol. The van der Waals surface area contributed by atoms with Gasteiger partial charge in [0.05, 0.1) is 5.92 Å². The van der Waals surface area contributed by atoms with E-state index in [0.29, 0.717) is 12.8 Å². The van der Waals surface area contributed by atoms with Gasteiger partial charge >= 0.3 is 12.0 Å². The van der Waals surface area contributed by atoms with Gasteiger partial charge in [-0.1, -0.05) is 0 Å². The van der Waals surface area contributed by atoms with Gasteiger partial charge in [0.15, 0.2) is 0 Å². The van der Waals surface area contributed by atoms with Crippen LogP contribution in [0, 0.1) is 5.92 Å². The van der Waals surface area contributed by atoms with Gasteiger partial charge in [-0.25, -0.2) is 4.79 Å². The van der Waals surface area contributed by atoms with Crippen molar-refractivity contribution in [3.8, 4) is 0 Å². The molecule has 96 valence electrons. The summed E-state index contributed by atoms with van der Waals surface area (Å²) < 4.78 is 0. The number of carbonyl (C=O) groups is 2. The van der Waals surface area contributed by atoms with E-state index in [4.69, 9.17) is 5.11 Å². The number of carbonyl (C=O) groups excluding carboxylic acids is 1. The lowest BCUT2D eigenvalue weighted by Crippen LogP contribution is -2.54. The van der Waals surface area contributed by atoms with Crippen LogP contribution in [0.2, 0.25) is 0 Å². The van der Waals surface area contributed by atoms with Crippen molar-refractivity contribution in [3.05, 3.63) is 0 Å². The van der Waals surface area contributed by atoms with Gasteiger partial charge in [0.2, 0.25) is 0 Å². The zero-order valence-corrected chi connectivity index (χ0v) is 10.4. The van der Waals surface area contributed by atoms with Crippen molar-refractivity contribution >= 4 is 12.0 Å². The zero-order valence-electron chi connectivity index (χ0n) is 10.4. The van der Waals surface area contributed by atoms with Crippen LogP contribution in [0.4, 0.5) is 4.79 Å². The van der Waals surface area contributed by atoms with Crippen LogP contribution in [-0.2, 0) is 4.79 Å². The molecular weight excluding hydrogens is 220 g/mol. The van der Waals surface area contributed by atoms with Crippen LogP contribution in [-0.4, -0.2) is 40.1 Å². The van der Waals surface area contributed by atoms with Crippen LogP contribution in [0.3, 0.4) is 0 Å². The second kappa shape index (κ2) is 4.20. The molecule has 1 heterocycles. The highest BCUT2D eigenvalue weighted by atomic mass is 16.4. The molecule has 0 radical (unpaired) electrons. The fourth-order valence-corrected chi connectivity index (χ4v) is 2.67. The van der Waals surface area contributed by atoms with E-state index < -0.39 is 5.97 Å². The van der Waals surface area contributed by atoms with Gasteiger partial charge in [-0.2, -0.15) is 0 Å². The molecule has 1 saturated carbocycles. The second-order valence-corrected chi connectivity index (χ2v) is 5.72. The Hall–Kier alpha value is -1.26. The van der Waals surface area contributed by atoms with Crippen molar-refractivity contribution in [1.29, 1.82) is 0 Å². The molecule has 0 aromatic carbocycles. The molecule has 2 aliphatic rings. The minimum atomic E-state index is -0.753. The first-order valence-corrected chi connectivity index (χ1v) is 6.21. The molecule has 0 aromatic rings. The summed E-state index contributed by atoms with van der Waals surface area (Å²) in [5.41, 5.74) is -0.0694. The molecule has 2 amide bonds. The summed E-state index contributed by atoms with van der Waals surface area (Å²) in [6.45, 7) is 4.94. The monoisotopic (exact) mass is 240 g/mol. The Kier molecular flexibility index (Phi) is 3.02. The molecular formula is C12H20N2O3. The van der Waals surface area contributed by atoms with E-state index in [0.717, 1.165) is 19.4 Å². The van der Waals surface area contributed by atoms with Crippen LogP contribution in [0.25, 0.3) is 0 Å². The number of carboxylic acid groups (broad SMARTS) is 1. The number of hydrogen-bond acceptors (Lipinski definition) is 2. The van der Waals surface area contributed by atoms with Gasteiger partial charge in [-0.15, -0.1) is 0 Å². The summed E-state index contributed by atoms with van der Waals surface area (Å²) in [5.74, 6) is -1.02. The van der Waals surface area contributed by atoms with Crippen molar-refractivity contribution in [2.45, 2.75) is 51.1 Å². The van der Waals surface area contributed by atoms with E-state index in [9.17, 15) is 9.59 Å². The van der Waals surface area contributed by atoms with E-state index in [-0.39, 0.29) is 23.5 Å². The molecule has 0 unspecified atom stereocenters. The summed E-state index contributed by atoms with van der Waals surface area (Å²) in [4.78, 5) is 24.5. The maximum absolute atomic E-state index is 12.0. The molecule has 0 aromatic heterocycles. The van der Waals surface area contributed by atoms with Crippen LogP contribution >= 0.6 is 0 Å². The molecule has 2 fully saturated rings. The van der Waals surface area contributed by atoms with E-state index >= 15 is 0 Å². The number of urea groups is 1. The van der Waals surface area contributed by atoms with Gasteiger partial charge in [0.25, 0.3) is 0 Å². The molecule has 0 atom stereocenters. The highest BCUT2D eigenvalue weighted by Gasteiger charge is 2.39. The Balaban J connectivity index is 1.81. The topological polar surface area (TPSA) is 69.6 Å². The minimum Gasteiger partial charge on any atom is -0.481 e. The summed E-state index contributed by atoms with van der Waals surface area (Å²) in [7, 11) is 0. The number of nitrogens with one attached hydrogen (secondary N) is 1. The lowest BCUT2D eigenvalue weighted by atomic mass is 9.80. The number of carboxylic acids is 1. The largest absolute Gasteiger partial charge is 0.481 e. The molecule has 0 spiro atoms. The van der Waals surface area contributed by atoms with E-state index in [1.54, 1.807) is 0 Å². The fraction of sp³-hybridized carbons (Fsp3) is 0.833. The van der Waals surface area contributed by atoms with Gasteiger partial charge < -0.3 is 15.3 Å². The lowest BCUT2D eigenvalue weighted by molar-refractivity contribution is -0.145. The van der Waals surface area contributed by atoms with E-state index in [2.05, 4.69) is 19.2 Å². The number of nitrogens with zero attached hydrogens (tertiary/aromatic N) is 1. The highest BCUT2D eigenvalue weighted by molar-refractivity contribution is 5.77. The van der Waals surface area contributed by atoms with Gasteiger partial charge in [0.1, 0.15) is 0 Å². The molecule has 5 heteroatoms. The standard InChI is InChI=1S/C12H20N2O3/c1-12(2)4-3-5-14(12)11(17)13-9-6-8(7-9)10(15)16/h8-9H,3-7H2,1-2H3,(H,13,17)(H,15,16). The van der Waals surface area contributed by atoms with Crippen LogP contribution in [0.5, 0.6) is 0 Å². The maximum atomic E-state index is 12.0. The molecule has 2 N–H and O–H groups in total. The molecule has 17 heavy (non-hydrogen) atoms. The number of likely N-dealkylation sites (tertiary alicyclic amines) is 1. The first-order chi connectivity index (χ1) is 7.90. The maximum Gasteiger partial charge on any atom is 0.318 e. The SMILES string of the molecule is CC1(C)CCCN1C(=O)NC1CC(C(=O)O)C1. The van der Waals surface area contributed by atoms with E-state index in [1.165, 1.54) is 0 Å². The smallest absolute Gasteiger partial charge is 0.318 e. The van der Waals surface area contributed by atoms with Gasteiger partial charge in [-0.3, -0.25) is 4.79 Å². The highest BCUT2D eigenvalue weighted by Crippen LogP contribution is 2.30. The third kappa shape index (κ3) is 2.37. The van der Waals surface area contributed by atoms with E-state index in [1.807, 2.05) is 4.90 Å². The van der Waals surface area contributed by atoms with Gasteiger partial charge in [0, 0.05) is 18.1 Å². The summed E-state index contributed by atoms with van der Waals surface area (Å²) in [5, 5.41) is 11.7. The number of rotatable bonds is 2. The molecule has 1 aliphatic heterocycles. The average Bonchev–Trinajstić information content (AvgIpc) is 2.49. The van der Waals surface area contributed by atoms with Crippen LogP contribution < -0.4 is 5.32 Å². The molecule has 5 nitrogen and oxygen atoms in total. The van der Waals surface area contributed by atoms with Crippen molar-refractivity contribution in [3.63, 3.8) is 0 Å². The lowest BCUT2D eigenvalue weighted by Gasteiger charge is -2.37. The van der Waals surface area contributed by atoms with Crippen molar-refractivity contribution in [2.24, 2.45) is 5.92 Å². The zero-order chi connectivity index (χ0) is 12.6. The Bertz CT molecular complexity index is 335. The third-order valence-corrected chi connectivity index (χ3v) is 3.96. The molecule has 0 bridgehead atoms. The van der Waals surface area contributed by atoms with Crippen LogP contribution in [0.15, 0.2) is 0 Å². The molecule has 1 saturated heterocycles. The average molecular weight is 240 g/mol. The number of hydrogen-bond donors (Lipinski definition) is 2. The first kappa shape index (κ1) is 12.2. The normalized spacial score (nSPS) is 30.8.